The van der Waals surface area contributed by atoms with Crippen molar-refractivity contribution in [2.24, 2.45) is 0 Å². The predicted octanol–water partition coefficient (Wildman–Crippen LogP) is 0.500. The van der Waals surface area contributed by atoms with E-state index in [1.165, 1.54) is 12.0 Å². The van der Waals surface area contributed by atoms with Crippen molar-refractivity contribution in [1.29, 1.82) is 0 Å². The van der Waals surface area contributed by atoms with Crippen LogP contribution in [0.3, 0.4) is 0 Å². The fourth-order valence-corrected chi connectivity index (χ4v) is 1.70. The molecule has 0 radical (unpaired) electrons. The molecular weight excluding hydrogens is 310 g/mol. The van der Waals surface area contributed by atoms with Crippen molar-refractivity contribution < 1.29 is 19.1 Å². The van der Waals surface area contributed by atoms with Crippen molar-refractivity contribution in [2.45, 2.75) is 0 Å². The van der Waals surface area contributed by atoms with Crippen LogP contribution < -0.4 is 10.6 Å². The van der Waals surface area contributed by atoms with E-state index in [2.05, 4.69) is 15.4 Å². The van der Waals surface area contributed by atoms with Crippen molar-refractivity contribution in [3.8, 4) is 0 Å². The monoisotopic (exact) mass is 327 g/mol. The first-order valence-electron chi connectivity index (χ1n) is 6.48. The van der Waals surface area contributed by atoms with Crippen LogP contribution in [0.5, 0.6) is 0 Å². The number of methoxy groups -OCH3 is 1. The van der Waals surface area contributed by atoms with Gasteiger partial charge in [0.25, 0.3) is 0 Å². The van der Waals surface area contributed by atoms with Crippen molar-refractivity contribution in [2.75, 3.05) is 39.1 Å². The van der Waals surface area contributed by atoms with Crippen LogP contribution in [-0.4, -0.2) is 56.5 Å². The van der Waals surface area contributed by atoms with Gasteiger partial charge >= 0.3 is 5.97 Å². The summed E-state index contributed by atoms with van der Waals surface area (Å²) in [5, 5.41) is 5.66. The number of amides is 2. The molecule has 0 atom stereocenters. The molecule has 1 rings (SSSR count). The quantitative estimate of drug-likeness (QED) is 0.712. The number of carbonyl (C=O) groups excluding carboxylic acids is 3. The van der Waals surface area contributed by atoms with Crippen molar-refractivity contribution in [1.82, 2.24) is 10.2 Å². The molecule has 1 aromatic rings. The zero-order valence-corrected chi connectivity index (χ0v) is 13.1. The fraction of sp³-hybridized carbons (Fsp3) is 0.357. The number of carbonyl (C=O) groups is 3. The Morgan fingerprint density at radius 2 is 1.73 bits per heavy atom. The number of esters is 1. The minimum absolute atomic E-state index is 0.00890. The van der Waals surface area contributed by atoms with Crippen molar-refractivity contribution in [3.63, 3.8) is 0 Å². The summed E-state index contributed by atoms with van der Waals surface area (Å²) in [6.07, 6.45) is 0. The molecule has 7 nitrogen and oxygen atoms in total. The van der Waals surface area contributed by atoms with Crippen molar-refractivity contribution >= 4 is 35.1 Å². The predicted molar refractivity (Wildman–Crippen MR) is 82.6 cm³/mol. The van der Waals surface area contributed by atoms with E-state index in [-0.39, 0.29) is 31.4 Å². The Labute approximate surface area is 133 Å². The van der Waals surface area contributed by atoms with Gasteiger partial charge in [-0.1, -0.05) is 11.6 Å². The molecule has 0 heterocycles. The molecule has 0 spiro atoms. The topological polar surface area (TPSA) is 87.7 Å². The molecule has 0 fully saturated rings. The lowest BCUT2D eigenvalue weighted by atomic mass is 10.3. The molecule has 0 aromatic heterocycles. The molecule has 0 saturated carbocycles. The van der Waals surface area contributed by atoms with E-state index in [0.717, 1.165) is 0 Å². The van der Waals surface area contributed by atoms with Crippen LogP contribution in [0.2, 0.25) is 5.02 Å². The second kappa shape index (κ2) is 9.01. The van der Waals surface area contributed by atoms with E-state index >= 15 is 0 Å². The zero-order valence-electron chi connectivity index (χ0n) is 12.4. The normalized spacial score (nSPS) is 10.2. The molecule has 2 amide bonds. The number of halogens is 1. The van der Waals surface area contributed by atoms with Crippen LogP contribution in [0.4, 0.5) is 5.69 Å². The Morgan fingerprint density at radius 1 is 1.14 bits per heavy atom. The van der Waals surface area contributed by atoms with E-state index in [0.29, 0.717) is 10.7 Å². The molecule has 0 aliphatic carbocycles. The van der Waals surface area contributed by atoms with E-state index in [4.69, 9.17) is 11.6 Å². The van der Waals surface area contributed by atoms with E-state index in [9.17, 15) is 14.4 Å². The maximum atomic E-state index is 11.8. The molecule has 22 heavy (non-hydrogen) atoms. The minimum atomic E-state index is -0.531. The van der Waals surface area contributed by atoms with Crippen LogP contribution >= 0.6 is 11.6 Å². The highest BCUT2D eigenvalue weighted by Crippen LogP contribution is 2.13. The smallest absolute Gasteiger partial charge is 0.325 e. The number of anilines is 1. The van der Waals surface area contributed by atoms with Gasteiger partial charge in [0, 0.05) is 10.7 Å². The van der Waals surface area contributed by atoms with Gasteiger partial charge in [-0.2, -0.15) is 0 Å². The van der Waals surface area contributed by atoms with Gasteiger partial charge in [-0.3, -0.25) is 19.3 Å². The number of hydrogen-bond acceptors (Lipinski definition) is 5. The molecule has 8 heteroatoms. The second-order valence-corrected chi connectivity index (χ2v) is 5.02. The summed E-state index contributed by atoms with van der Waals surface area (Å²) in [5.41, 5.74) is 0.623. The SMILES string of the molecule is COC(=O)CNC(=O)CN(C)CC(=O)Nc1ccc(Cl)cc1. The molecule has 0 bridgehead atoms. The Balaban J connectivity index is 2.33. The van der Waals surface area contributed by atoms with Gasteiger partial charge in [0.1, 0.15) is 6.54 Å². The molecule has 1 aromatic carbocycles. The molecular formula is C14H18ClN3O4. The maximum absolute atomic E-state index is 11.8. The van der Waals surface area contributed by atoms with E-state index in [1.807, 2.05) is 0 Å². The van der Waals surface area contributed by atoms with Crippen LogP contribution in [0.1, 0.15) is 0 Å². The average molecular weight is 328 g/mol. The third kappa shape index (κ3) is 7.05. The van der Waals surface area contributed by atoms with Crippen molar-refractivity contribution in [3.05, 3.63) is 29.3 Å². The van der Waals surface area contributed by atoms with Gasteiger partial charge in [-0.25, -0.2) is 0 Å². The van der Waals surface area contributed by atoms with E-state index < -0.39 is 5.97 Å². The second-order valence-electron chi connectivity index (χ2n) is 4.58. The summed E-state index contributed by atoms with van der Waals surface area (Å²) >= 11 is 5.75. The number of nitrogens with one attached hydrogen (secondary N) is 2. The summed E-state index contributed by atoms with van der Waals surface area (Å²) in [7, 11) is 2.86. The highest BCUT2D eigenvalue weighted by atomic mass is 35.5. The highest BCUT2D eigenvalue weighted by molar-refractivity contribution is 6.30. The van der Waals surface area contributed by atoms with Crippen LogP contribution in [0.25, 0.3) is 0 Å². The third-order valence-electron chi connectivity index (χ3n) is 2.61. The minimum Gasteiger partial charge on any atom is -0.468 e. The molecule has 0 unspecified atom stereocenters. The number of ether oxygens (including phenoxy) is 1. The molecule has 0 saturated heterocycles. The lowest BCUT2D eigenvalue weighted by Crippen LogP contribution is -2.40. The summed E-state index contributed by atoms with van der Waals surface area (Å²) in [5.74, 6) is -1.16. The summed E-state index contributed by atoms with van der Waals surface area (Å²) in [4.78, 5) is 35.8. The van der Waals surface area contributed by atoms with Crippen LogP contribution in [0.15, 0.2) is 24.3 Å². The van der Waals surface area contributed by atoms with Gasteiger partial charge in [0.2, 0.25) is 11.8 Å². The van der Waals surface area contributed by atoms with Gasteiger partial charge in [-0.05, 0) is 31.3 Å². The lowest BCUT2D eigenvalue weighted by molar-refractivity contribution is -0.141. The first-order chi connectivity index (χ1) is 10.4. The van der Waals surface area contributed by atoms with Gasteiger partial charge in [-0.15, -0.1) is 0 Å². The summed E-state index contributed by atoms with van der Waals surface area (Å²) in [6.45, 7) is -0.167. The first kappa shape index (κ1) is 17.9. The summed E-state index contributed by atoms with van der Waals surface area (Å²) < 4.78 is 4.40. The number of benzene rings is 1. The Bertz CT molecular complexity index is 533. The van der Waals surface area contributed by atoms with Gasteiger partial charge in [0.05, 0.1) is 20.2 Å². The molecule has 0 aliphatic rings. The maximum Gasteiger partial charge on any atom is 0.325 e. The number of hydrogen-bond donors (Lipinski definition) is 2. The van der Waals surface area contributed by atoms with Crippen LogP contribution in [0, 0.1) is 0 Å². The Morgan fingerprint density at radius 3 is 2.32 bits per heavy atom. The lowest BCUT2D eigenvalue weighted by Gasteiger charge is -2.15. The fourth-order valence-electron chi connectivity index (χ4n) is 1.58. The first-order valence-corrected chi connectivity index (χ1v) is 6.86. The standard InChI is InChI=1S/C14H18ClN3O4/c1-18(8-12(19)16-7-14(21)22-2)9-13(20)17-11-5-3-10(15)4-6-11/h3-6H,7-9H2,1-2H3,(H,16,19)(H,17,20). The Hall–Kier alpha value is -2.12. The highest BCUT2D eigenvalue weighted by Gasteiger charge is 2.12. The van der Waals surface area contributed by atoms with Gasteiger partial charge < -0.3 is 15.4 Å². The Kier molecular flexibility index (Phi) is 7.34. The van der Waals surface area contributed by atoms with E-state index in [1.54, 1.807) is 31.3 Å². The molecule has 0 aliphatic heterocycles. The third-order valence-corrected chi connectivity index (χ3v) is 2.86. The number of rotatable bonds is 7. The number of nitrogens with zero attached hydrogens (tertiary/aromatic N) is 1. The number of likely N-dealkylation sites (N-methyl/N-ethyl adjacent to an activating group) is 1. The largest absolute Gasteiger partial charge is 0.468 e. The van der Waals surface area contributed by atoms with Gasteiger partial charge in [0.15, 0.2) is 0 Å². The molecule has 120 valence electrons. The molecule has 2 N–H and O–H groups in total. The average Bonchev–Trinajstić information content (AvgIpc) is 2.46. The van der Waals surface area contributed by atoms with Crippen LogP contribution in [-0.2, 0) is 19.1 Å². The summed E-state index contributed by atoms with van der Waals surface area (Å²) in [6, 6.07) is 6.70. The zero-order chi connectivity index (χ0) is 16.5.